The molecule has 1 amide bonds. The van der Waals surface area contributed by atoms with Crippen molar-refractivity contribution in [3.05, 3.63) is 43.0 Å². The number of thioether (sulfide) groups is 1. The lowest BCUT2D eigenvalue weighted by molar-refractivity contribution is -0.114. The fourth-order valence-electron chi connectivity index (χ4n) is 2.06. The summed E-state index contributed by atoms with van der Waals surface area (Å²) in [6, 6.07) is 8.01. The van der Waals surface area contributed by atoms with Crippen LogP contribution in [0.15, 0.2) is 47.9 Å². The van der Waals surface area contributed by atoms with Crippen molar-refractivity contribution in [1.82, 2.24) is 9.55 Å². The van der Waals surface area contributed by atoms with Crippen molar-refractivity contribution in [3.63, 3.8) is 0 Å². The van der Waals surface area contributed by atoms with Crippen molar-refractivity contribution in [2.45, 2.75) is 44.4 Å². The van der Waals surface area contributed by atoms with Crippen molar-refractivity contribution in [1.29, 1.82) is 0 Å². The van der Waals surface area contributed by atoms with Crippen molar-refractivity contribution in [2.75, 3.05) is 5.32 Å². The van der Waals surface area contributed by atoms with Gasteiger partial charge in [-0.2, -0.15) is 0 Å². The van der Waals surface area contributed by atoms with E-state index in [0.29, 0.717) is 5.25 Å². The molecule has 1 N–H and O–H groups in total. The second-order valence-electron chi connectivity index (χ2n) is 6.44. The molecule has 1 aromatic carbocycles. The Morgan fingerprint density at radius 2 is 2.00 bits per heavy atom. The molecule has 2 rings (SSSR count). The molecule has 0 spiro atoms. The van der Waals surface area contributed by atoms with Gasteiger partial charge in [-0.05, 0) is 29.7 Å². The highest BCUT2D eigenvalue weighted by molar-refractivity contribution is 8.00. The Morgan fingerprint density at radius 3 is 2.50 bits per heavy atom. The zero-order valence-corrected chi connectivity index (χ0v) is 14.4. The Bertz CT molecular complexity index is 600. The maximum Gasteiger partial charge on any atom is 0.221 e. The van der Waals surface area contributed by atoms with Crippen LogP contribution in [0, 0.1) is 5.41 Å². The summed E-state index contributed by atoms with van der Waals surface area (Å²) in [4.78, 5) is 16.4. The lowest BCUT2D eigenvalue weighted by atomic mass is 9.91. The third-order valence-corrected chi connectivity index (χ3v) is 5.04. The number of aromatic nitrogens is 2. The summed E-state index contributed by atoms with van der Waals surface area (Å²) < 4.78 is 2.12. The number of carbonyl (C=O) groups excluding carboxylic acids is 1. The van der Waals surface area contributed by atoms with E-state index in [2.05, 4.69) is 47.8 Å². The Labute approximate surface area is 136 Å². The number of nitrogens with one attached hydrogen (secondary N) is 1. The van der Waals surface area contributed by atoms with Crippen LogP contribution in [-0.2, 0) is 11.3 Å². The summed E-state index contributed by atoms with van der Waals surface area (Å²) in [5, 5.41) is 3.22. The Morgan fingerprint density at radius 1 is 1.32 bits per heavy atom. The molecule has 0 aliphatic heterocycles. The van der Waals surface area contributed by atoms with Crippen molar-refractivity contribution in [2.24, 2.45) is 5.41 Å². The molecular formula is C17H23N3OS. The Balaban J connectivity index is 2.08. The van der Waals surface area contributed by atoms with Crippen LogP contribution in [0.5, 0.6) is 0 Å². The monoisotopic (exact) mass is 317 g/mol. The molecule has 0 saturated heterocycles. The molecule has 1 aromatic heterocycles. The van der Waals surface area contributed by atoms with Gasteiger partial charge in [0, 0.05) is 41.7 Å². The molecule has 1 atom stereocenters. The average Bonchev–Trinajstić information content (AvgIpc) is 2.91. The molecule has 0 bridgehead atoms. The van der Waals surface area contributed by atoms with Crippen LogP contribution < -0.4 is 5.32 Å². The Kier molecular flexibility index (Phi) is 5.29. The van der Waals surface area contributed by atoms with Crippen molar-refractivity contribution >= 4 is 23.4 Å². The van der Waals surface area contributed by atoms with E-state index in [0.717, 1.165) is 12.2 Å². The fourth-order valence-corrected chi connectivity index (χ4v) is 3.28. The van der Waals surface area contributed by atoms with Gasteiger partial charge in [0.2, 0.25) is 5.91 Å². The number of nitrogens with zero attached hydrogens (tertiary/aromatic N) is 2. The minimum Gasteiger partial charge on any atom is -0.336 e. The number of amides is 1. The normalized spacial score (nSPS) is 12.9. The lowest BCUT2D eigenvalue weighted by Crippen LogP contribution is -2.27. The standard InChI is InChI=1S/C17H23N3OS/c1-13(21)19-14-5-7-15(8-6-14)22-16(17(2,3)4)11-20-10-9-18-12-20/h5-10,12,16H,11H2,1-4H3,(H,19,21). The third-order valence-electron chi connectivity index (χ3n) is 3.35. The summed E-state index contributed by atoms with van der Waals surface area (Å²) >= 11 is 1.86. The van der Waals surface area contributed by atoms with Gasteiger partial charge < -0.3 is 9.88 Å². The SMILES string of the molecule is CC(=O)Nc1ccc(SC(Cn2ccnc2)C(C)(C)C)cc1. The Hall–Kier alpha value is -1.75. The van der Waals surface area contributed by atoms with Crippen LogP contribution in [0.3, 0.4) is 0 Å². The fraction of sp³-hybridized carbons (Fsp3) is 0.412. The molecule has 118 valence electrons. The number of hydrogen-bond acceptors (Lipinski definition) is 3. The lowest BCUT2D eigenvalue weighted by Gasteiger charge is -2.30. The van der Waals surface area contributed by atoms with Crippen LogP contribution >= 0.6 is 11.8 Å². The molecule has 0 aliphatic rings. The van der Waals surface area contributed by atoms with Crippen LogP contribution in [0.2, 0.25) is 0 Å². The molecule has 0 aliphatic carbocycles. The predicted octanol–water partition coefficient (Wildman–Crippen LogP) is 4.05. The van der Waals surface area contributed by atoms with E-state index in [-0.39, 0.29) is 11.3 Å². The molecule has 5 heteroatoms. The molecule has 0 saturated carbocycles. The average molecular weight is 317 g/mol. The quantitative estimate of drug-likeness (QED) is 0.846. The van der Waals surface area contributed by atoms with Gasteiger partial charge in [-0.15, -0.1) is 11.8 Å². The zero-order chi connectivity index (χ0) is 16.2. The summed E-state index contributed by atoms with van der Waals surface area (Å²) in [6.07, 6.45) is 5.67. The molecule has 1 unspecified atom stereocenters. The summed E-state index contributed by atoms with van der Waals surface area (Å²) in [5.41, 5.74) is 1.00. The second kappa shape index (κ2) is 7.01. The molecule has 0 fully saturated rings. The highest BCUT2D eigenvalue weighted by Gasteiger charge is 2.26. The summed E-state index contributed by atoms with van der Waals surface area (Å²) in [6.45, 7) is 9.21. The number of hydrogen-bond donors (Lipinski definition) is 1. The molecule has 2 aromatic rings. The summed E-state index contributed by atoms with van der Waals surface area (Å²) in [5.74, 6) is -0.0481. The van der Waals surface area contributed by atoms with E-state index in [1.807, 2.05) is 42.6 Å². The first-order valence-corrected chi connectivity index (χ1v) is 8.22. The minimum absolute atomic E-state index is 0.0481. The van der Waals surface area contributed by atoms with Gasteiger partial charge in [-0.3, -0.25) is 4.79 Å². The minimum atomic E-state index is -0.0481. The smallest absolute Gasteiger partial charge is 0.221 e. The number of imidazole rings is 1. The van der Waals surface area contributed by atoms with E-state index in [1.165, 1.54) is 11.8 Å². The second-order valence-corrected chi connectivity index (χ2v) is 7.71. The van der Waals surface area contributed by atoms with Gasteiger partial charge >= 0.3 is 0 Å². The van der Waals surface area contributed by atoms with E-state index in [9.17, 15) is 4.79 Å². The van der Waals surface area contributed by atoms with Crippen LogP contribution in [0.1, 0.15) is 27.7 Å². The topological polar surface area (TPSA) is 46.9 Å². The van der Waals surface area contributed by atoms with Crippen molar-refractivity contribution in [3.8, 4) is 0 Å². The molecule has 0 radical (unpaired) electrons. The van der Waals surface area contributed by atoms with Gasteiger partial charge in [-0.1, -0.05) is 20.8 Å². The first-order valence-electron chi connectivity index (χ1n) is 7.34. The van der Waals surface area contributed by atoms with Crippen LogP contribution in [0.4, 0.5) is 5.69 Å². The first kappa shape index (κ1) is 16.6. The van der Waals surface area contributed by atoms with E-state index >= 15 is 0 Å². The maximum absolute atomic E-state index is 11.1. The largest absolute Gasteiger partial charge is 0.336 e. The highest BCUT2D eigenvalue weighted by Crippen LogP contribution is 2.36. The van der Waals surface area contributed by atoms with Crippen LogP contribution in [-0.4, -0.2) is 20.7 Å². The molecular weight excluding hydrogens is 294 g/mol. The van der Waals surface area contributed by atoms with Gasteiger partial charge in [-0.25, -0.2) is 4.98 Å². The maximum atomic E-state index is 11.1. The predicted molar refractivity (Wildman–Crippen MR) is 92.1 cm³/mol. The number of anilines is 1. The van der Waals surface area contributed by atoms with Crippen LogP contribution in [0.25, 0.3) is 0 Å². The zero-order valence-electron chi connectivity index (χ0n) is 13.5. The first-order chi connectivity index (χ1) is 10.3. The summed E-state index contributed by atoms with van der Waals surface area (Å²) in [7, 11) is 0. The van der Waals surface area contributed by atoms with Gasteiger partial charge in [0.25, 0.3) is 0 Å². The van der Waals surface area contributed by atoms with Gasteiger partial charge in [0.15, 0.2) is 0 Å². The molecule has 4 nitrogen and oxygen atoms in total. The molecule has 22 heavy (non-hydrogen) atoms. The van der Waals surface area contributed by atoms with E-state index in [1.54, 1.807) is 0 Å². The van der Waals surface area contributed by atoms with E-state index in [4.69, 9.17) is 0 Å². The number of rotatable bonds is 5. The van der Waals surface area contributed by atoms with Crippen molar-refractivity contribution < 1.29 is 4.79 Å². The highest BCUT2D eigenvalue weighted by atomic mass is 32.2. The van der Waals surface area contributed by atoms with Gasteiger partial charge in [0.05, 0.1) is 6.33 Å². The molecule has 1 heterocycles. The third kappa shape index (κ3) is 4.91. The number of carbonyl (C=O) groups is 1. The van der Waals surface area contributed by atoms with Gasteiger partial charge in [0.1, 0.15) is 0 Å². The number of benzene rings is 1. The van der Waals surface area contributed by atoms with E-state index < -0.39 is 0 Å².